The Hall–Kier alpha value is -5.48. The molecule has 0 unspecified atom stereocenters. The highest BCUT2D eigenvalue weighted by Gasteiger charge is 2.35. The second kappa shape index (κ2) is 16.8. The first kappa shape index (κ1) is 35.8. The number of nitrogens with zero attached hydrogens (tertiary/aromatic N) is 2. The van der Waals surface area contributed by atoms with Crippen LogP contribution in [-0.4, -0.2) is 43.8 Å². The maximum Gasteiger partial charge on any atom is 0.264 e. The molecule has 0 aliphatic rings. The van der Waals surface area contributed by atoms with Crippen LogP contribution in [0.3, 0.4) is 0 Å². The highest BCUT2D eigenvalue weighted by atomic mass is 32.2. The lowest BCUT2D eigenvalue weighted by Gasteiger charge is -2.34. The fraction of sp³-hybridized carbons (Fsp3) is 0.200. The molecule has 1 N–H and O–H groups in total. The molecule has 0 fully saturated rings. The van der Waals surface area contributed by atoms with E-state index in [0.29, 0.717) is 17.9 Å². The molecule has 5 aromatic carbocycles. The van der Waals surface area contributed by atoms with E-state index in [4.69, 9.17) is 4.74 Å². The molecule has 0 saturated heterocycles. The Labute approximate surface area is 293 Å². The van der Waals surface area contributed by atoms with E-state index in [0.717, 1.165) is 9.87 Å². The summed E-state index contributed by atoms with van der Waals surface area (Å²) < 4.78 is 50.6. The predicted molar refractivity (Wildman–Crippen MR) is 193 cm³/mol. The van der Waals surface area contributed by atoms with Crippen molar-refractivity contribution < 1.29 is 27.1 Å². The Morgan fingerprint density at radius 2 is 1.32 bits per heavy atom. The minimum atomic E-state index is -4.29. The monoisotopic (exact) mass is 693 g/mol. The van der Waals surface area contributed by atoms with Crippen molar-refractivity contribution in [3.05, 3.63) is 156 Å². The standard InChI is InChI=1S/C40H40FN3O5S/c1-3-30(2)42-40(46)38(27-31-15-7-4-8-16-31)43(28-32-17-13-14-22-37(32)41)39(45)29-44(50(47,48)36-20-11-6-12-21-36)33-23-25-35(26-24-33)49-34-18-9-5-10-19-34/h4-26,30,38H,3,27-29H2,1-2H3,(H,42,46)/t30-,38+/m1/s1. The van der Waals surface area contributed by atoms with E-state index in [2.05, 4.69) is 5.32 Å². The van der Waals surface area contributed by atoms with Crippen molar-refractivity contribution in [3.63, 3.8) is 0 Å². The number of para-hydroxylation sites is 1. The van der Waals surface area contributed by atoms with Gasteiger partial charge in [0.15, 0.2) is 0 Å². The minimum absolute atomic E-state index is 0.0200. The Morgan fingerprint density at radius 1 is 0.760 bits per heavy atom. The topological polar surface area (TPSA) is 96.0 Å². The van der Waals surface area contributed by atoms with Crippen LogP contribution in [0.5, 0.6) is 11.5 Å². The summed E-state index contributed by atoms with van der Waals surface area (Å²) in [4.78, 5) is 29.8. The van der Waals surface area contributed by atoms with Gasteiger partial charge in [-0.25, -0.2) is 12.8 Å². The van der Waals surface area contributed by atoms with E-state index >= 15 is 4.39 Å². The minimum Gasteiger partial charge on any atom is -0.457 e. The Bertz CT molecular complexity index is 1960. The van der Waals surface area contributed by atoms with Crippen molar-refractivity contribution in [2.45, 2.75) is 50.2 Å². The zero-order chi connectivity index (χ0) is 35.5. The van der Waals surface area contributed by atoms with E-state index in [1.807, 2.05) is 62.4 Å². The number of nitrogens with one attached hydrogen (secondary N) is 1. The first-order chi connectivity index (χ1) is 24.2. The second-order valence-electron chi connectivity index (χ2n) is 11.9. The van der Waals surface area contributed by atoms with Crippen LogP contribution in [0.25, 0.3) is 0 Å². The van der Waals surface area contributed by atoms with Crippen LogP contribution in [0.4, 0.5) is 10.1 Å². The number of carbonyl (C=O) groups is 2. The van der Waals surface area contributed by atoms with Crippen molar-refractivity contribution in [1.82, 2.24) is 10.2 Å². The molecule has 258 valence electrons. The third-order valence-electron chi connectivity index (χ3n) is 8.28. The molecule has 50 heavy (non-hydrogen) atoms. The van der Waals surface area contributed by atoms with Crippen LogP contribution >= 0.6 is 0 Å². The highest BCUT2D eigenvalue weighted by Crippen LogP contribution is 2.29. The smallest absolute Gasteiger partial charge is 0.264 e. The molecule has 0 radical (unpaired) electrons. The molecule has 2 atom stereocenters. The third kappa shape index (κ3) is 9.15. The maximum atomic E-state index is 15.1. The lowest BCUT2D eigenvalue weighted by molar-refractivity contribution is -0.140. The number of hydrogen-bond acceptors (Lipinski definition) is 5. The van der Waals surface area contributed by atoms with E-state index < -0.39 is 40.2 Å². The van der Waals surface area contributed by atoms with Crippen LogP contribution < -0.4 is 14.4 Å². The van der Waals surface area contributed by atoms with Gasteiger partial charge in [0.2, 0.25) is 11.8 Å². The van der Waals surface area contributed by atoms with Crippen LogP contribution in [0, 0.1) is 5.82 Å². The largest absolute Gasteiger partial charge is 0.457 e. The summed E-state index contributed by atoms with van der Waals surface area (Å²) in [6, 6.07) is 37.3. The molecule has 10 heteroatoms. The normalized spacial score (nSPS) is 12.4. The Balaban J connectivity index is 1.56. The number of amides is 2. The number of hydrogen-bond donors (Lipinski definition) is 1. The summed E-state index contributed by atoms with van der Waals surface area (Å²) in [5, 5.41) is 2.98. The van der Waals surface area contributed by atoms with Gasteiger partial charge in [0, 0.05) is 24.6 Å². The van der Waals surface area contributed by atoms with Gasteiger partial charge in [0.25, 0.3) is 10.0 Å². The SMILES string of the molecule is CC[C@@H](C)NC(=O)[C@H](Cc1ccccc1)N(Cc1ccccc1F)C(=O)CN(c1ccc(Oc2ccccc2)cc1)S(=O)(=O)c1ccccc1. The second-order valence-corrected chi connectivity index (χ2v) is 13.7. The molecule has 2 amide bonds. The van der Waals surface area contributed by atoms with E-state index in [1.54, 1.807) is 72.8 Å². The zero-order valence-corrected chi connectivity index (χ0v) is 28.8. The summed E-state index contributed by atoms with van der Waals surface area (Å²) in [5.74, 6) is -0.582. The van der Waals surface area contributed by atoms with Gasteiger partial charge in [-0.1, -0.05) is 91.9 Å². The molecule has 5 rings (SSSR count). The number of sulfonamides is 1. The molecule has 0 aliphatic heterocycles. The first-order valence-corrected chi connectivity index (χ1v) is 17.9. The van der Waals surface area contributed by atoms with Crippen LogP contribution in [-0.2, 0) is 32.6 Å². The van der Waals surface area contributed by atoms with Crippen molar-refractivity contribution in [3.8, 4) is 11.5 Å². The van der Waals surface area contributed by atoms with Gasteiger partial charge < -0.3 is 15.0 Å². The first-order valence-electron chi connectivity index (χ1n) is 16.4. The quantitative estimate of drug-likeness (QED) is 0.124. The molecule has 0 saturated carbocycles. The van der Waals surface area contributed by atoms with Gasteiger partial charge in [-0.05, 0) is 73.5 Å². The highest BCUT2D eigenvalue weighted by molar-refractivity contribution is 7.92. The van der Waals surface area contributed by atoms with Gasteiger partial charge in [-0.15, -0.1) is 0 Å². The molecule has 8 nitrogen and oxygen atoms in total. The maximum absolute atomic E-state index is 15.1. The molecule has 0 bridgehead atoms. The molecular weight excluding hydrogens is 654 g/mol. The zero-order valence-electron chi connectivity index (χ0n) is 28.0. The summed E-state index contributed by atoms with van der Waals surface area (Å²) >= 11 is 0. The Morgan fingerprint density at radius 3 is 1.94 bits per heavy atom. The number of anilines is 1. The number of halogens is 1. The average Bonchev–Trinajstić information content (AvgIpc) is 3.14. The van der Waals surface area contributed by atoms with E-state index in [9.17, 15) is 18.0 Å². The van der Waals surface area contributed by atoms with Gasteiger partial charge in [0.1, 0.15) is 29.9 Å². The molecule has 0 aliphatic carbocycles. The number of carbonyl (C=O) groups excluding carboxylic acids is 2. The summed E-state index contributed by atoms with van der Waals surface area (Å²) in [7, 11) is -4.29. The van der Waals surface area contributed by atoms with Crippen molar-refractivity contribution in [2.24, 2.45) is 0 Å². The Kier molecular flexibility index (Phi) is 12.0. The van der Waals surface area contributed by atoms with Gasteiger partial charge in [0.05, 0.1) is 10.6 Å². The molecule has 5 aromatic rings. The lowest BCUT2D eigenvalue weighted by Crippen LogP contribution is -2.54. The average molecular weight is 694 g/mol. The number of rotatable bonds is 15. The number of ether oxygens (including phenoxy) is 1. The van der Waals surface area contributed by atoms with Crippen molar-refractivity contribution in [2.75, 3.05) is 10.8 Å². The molecule has 0 aromatic heterocycles. The summed E-state index contributed by atoms with van der Waals surface area (Å²) in [5.41, 5.74) is 1.18. The summed E-state index contributed by atoms with van der Waals surface area (Å²) in [6.07, 6.45) is 0.776. The molecule has 0 spiro atoms. The fourth-order valence-corrected chi connectivity index (χ4v) is 6.79. The molecule has 0 heterocycles. The third-order valence-corrected chi connectivity index (χ3v) is 10.1. The molecular formula is C40H40FN3O5S. The van der Waals surface area contributed by atoms with E-state index in [1.165, 1.54) is 23.1 Å². The van der Waals surface area contributed by atoms with Crippen molar-refractivity contribution in [1.29, 1.82) is 0 Å². The van der Waals surface area contributed by atoms with Crippen LogP contribution in [0.15, 0.2) is 144 Å². The van der Waals surface area contributed by atoms with Gasteiger partial charge in [-0.3, -0.25) is 13.9 Å². The van der Waals surface area contributed by atoms with Gasteiger partial charge in [-0.2, -0.15) is 0 Å². The lowest BCUT2D eigenvalue weighted by atomic mass is 10.0. The van der Waals surface area contributed by atoms with E-state index in [-0.39, 0.29) is 35.2 Å². The van der Waals surface area contributed by atoms with Crippen molar-refractivity contribution >= 4 is 27.5 Å². The van der Waals surface area contributed by atoms with Crippen LogP contribution in [0.1, 0.15) is 31.4 Å². The van der Waals surface area contributed by atoms with Crippen LogP contribution in [0.2, 0.25) is 0 Å². The summed E-state index contributed by atoms with van der Waals surface area (Å²) in [6.45, 7) is 2.87. The number of benzene rings is 5. The fourth-order valence-electron chi connectivity index (χ4n) is 5.36. The van der Waals surface area contributed by atoms with Gasteiger partial charge >= 0.3 is 0 Å². The predicted octanol–water partition coefficient (Wildman–Crippen LogP) is 7.37.